The third kappa shape index (κ3) is 3.88. The third-order valence-corrected chi connectivity index (χ3v) is 4.55. The largest absolute Gasteiger partial charge is 0.385 e. The number of carbonyl (C=O) groups excluding carboxylic acids is 1. The van der Waals surface area contributed by atoms with Gasteiger partial charge in [0.2, 0.25) is 5.91 Å². The third-order valence-electron chi connectivity index (χ3n) is 3.73. The second kappa shape index (κ2) is 6.95. The zero-order valence-corrected chi connectivity index (χ0v) is 14.1. The molecule has 0 radical (unpaired) electrons. The number of anilines is 1. The van der Waals surface area contributed by atoms with Crippen molar-refractivity contribution in [1.82, 2.24) is 4.98 Å². The predicted octanol–water partition coefficient (Wildman–Crippen LogP) is 4.05. The molecule has 3 aromatic rings. The van der Waals surface area contributed by atoms with E-state index in [4.69, 9.17) is 0 Å². The Morgan fingerprint density at radius 2 is 2.00 bits per heavy atom. The number of hydrogen-bond donors (Lipinski definition) is 2. The fourth-order valence-corrected chi connectivity index (χ4v) is 3.15. The Morgan fingerprint density at radius 1 is 1.21 bits per heavy atom. The first kappa shape index (κ1) is 16.4. The van der Waals surface area contributed by atoms with Crippen LogP contribution in [0.2, 0.25) is 0 Å². The van der Waals surface area contributed by atoms with Crippen molar-refractivity contribution in [3.05, 3.63) is 71.7 Å². The van der Waals surface area contributed by atoms with Crippen LogP contribution in [0, 0.1) is 0 Å². The second-order valence-corrected chi connectivity index (χ2v) is 6.68. The zero-order chi connectivity index (χ0) is 17.0. The van der Waals surface area contributed by atoms with E-state index in [1.165, 1.54) is 0 Å². The lowest BCUT2D eigenvalue weighted by Crippen LogP contribution is -2.28. The SMILES string of the molecule is CC(O)(CC(=O)Nc1cccc(-c2nccs2)c1)c1ccccc1. The molecule has 0 fully saturated rings. The maximum Gasteiger partial charge on any atom is 0.227 e. The van der Waals surface area contributed by atoms with Gasteiger partial charge in [-0.1, -0.05) is 42.5 Å². The van der Waals surface area contributed by atoms with E-state index in [1.807, 2.05) is 60.0 Å². The molecule has 0 saturated heterocycles. The molecule has 0 bridgehead atoms. The van der Waals surface area contributed by atoms with Crippen molar-refractivity contribution in [3.8, 4) is 10.6 Å². The van der Waals surface area contributed by atoms with Crippen LogP contribution in [0.25, 0.3) is 10.6 Å². The summed E-state index contributed by atoms with van der Waals surface area (Å²) in [6.45, 7) is 1.65. The van der Waals surface area contributed by atoms with Gasteiger partial charge in [0.1, 0.15) is 5.01 Å². The first-order chi connectivity index (χ1) is 11.5. The summed E-state index contributed by atoms with van der Waals surface area (Å²) in [6, 6.07) is 16.7. The highest BCUT2D eigenvalue weighted by molar-refractivity contribution is 7.13. The molecule has 1 amide bonds. The van der Waals surface area contributed by atoms with E-state index in [9.17, 15) is 9.90 Å². The first-order valence-corrected chi connectivity index (χ1v) is 8.50. The van der Waals surface area contributed by atoms with Crippen molar-refractivity contribution in [2.75, 3.05) is 5.32 Å². The van der Waals surface area contributed by atoms with E-state index in [2.05, 4.69) is 10.3 Å². The van der Waals surface area contributed by atoms with Crippen LogP contribution in [0.3, 0.4) is 0 Å². The Bertz CT molecular complexity index is 814. The molecule has 122 valence electrons. The second-order valence-electron chi connectivity index (χ2n) is 5.78. The van der Waals surface area contributed by atoms with Crippen LogP contribution in [0.4, 0.5) is 5.69 Å². The summed E-state index contributed by atoms with van der Waals surface area (Å²) >= 11 is 1.55. The molecule has 0 aliphatic rings. The average Bonchev–Trinajstić information content (AvgIpc) is 3.10. The molecule has 1 aromatic heterocycles. The highest BCUT2D eigenvalue weighted by Crippen LogP contribution is 2.27. The van der Waals surface area contributed by atoms with Gasteiger partial charge in [0.15, 0.2) is 0 Å². The molecular weight excluding hydrogens is 320 g/mol. The Balaban J connectivity index is 1.70. The minimum Gasteiger partial charge on any atom is -0.385 e. The molecule has 0 aliphatic carbocycles. The van der Waals surface area contributed by atoms with E-state index in [1.54, 1.807) is 24.5 Å². The van der Waals surface area contributed by atoms with E-state index >= 15 is 0 Å². The van der Waals surface area contributed by atoms with Crippen molar-refractivity contribution < 1.29 is 9.90 Å². The fourth-order valence-electron chi connectivity index (χ4n) is 2.51. The minimum atomic E-state index is -1.21. The predicted molar refractivity (Wildman–Crippen MR) is 96.8 cm³/mol. The molecule has 3 rings (SSSR count). The highest BCUT2D eigenvalue weighted by atomic mass is 32.1. The summed E-state index contributed by atoms with van der Waals surface area (Å²) in [7, 11) is 0. The molecule has 24 heavy (non-hydrogen) atoms. The van der Waals surface area contributed by atoms with E-state index < -0.39 is 5.60 Å². The maximum atomic E-state index is 12.3. The van der Waals surface area contributed by atoms with Gasteiger partial charge in [-0.2, -0.15) is 0 Å². The van der Waals surface area contributed by atoms with Crippen molar-refractivity contribution in [1.29, 1.82) is 0 Å². The molecule has 0 spiro atoms. The Kier molecular flexibility index (Phi) is 4.74. The molecule has 1 unspecified atom stereocenters. The summed E-state index contributed by atoms with van der Waals surface area (Å²) in [5, 5.41) is 16.2. The monoisotopic (exact) mass is 338 g/mol. The van der Waals surface area contributed by atoms with Crippen molar-refractivity contribution in [2.24, 2.45) is 0 Å². The van der Waals surface area contributed by atoms with Gasteiger partial charge in [0.05, 0.1) is 12.0 Å². The summed E-state index contributed by atoms with van der Waals surface area (Å²) in [5.41, 5.74) is 1.16. The van der Waals surface area contributed by atoms with Crippen LogP contribution in [-0.2, 0) is 10.4 Å². The van der Waals surface area contributed by atoms with Crippen LogP contribution in [0.15, 0.2) is 66.2 Å². The summed E-state index contributed by atoms with van der Waals surface area (Å²) in [6.07, 6.45) is 1.74. The number of nitrogens with one attached hydrogen (secondary N) is 1. The first-order valence-electron chi connectivity index (χ1n) is 7.62. The molecule has 2 aromatic carbocycles. The lowest BCUT2D eigenvalue weighted by molar-refractivity contribution is -0.120. The van der Waals surface area contributed by atoms with Crippen LogP contribution in [0.1, 0.15) is 18.9 Å². The number of benzene rings is 2. The van der Waals surface area contributed by atoms with Gasteiger partial charge in [-0.25, -0.2) is 4.98 Å². The zero-order valence-electron chi connectivity index (χ0n) is 13.3. The van der Waals surface area contributed by atoms with Gasteiger partial charge in [-0.05, 0) is 24.6 Å². The molecule has 0 aliphatic heterocycles. The number of aromatic nitrogens is 1. The minimum absolute atomic E-state index is 0.0154. The van der Waals surface area contributed by atoms with Gasteiger partial charge in [-0.15, -0.1) is 11.3 Å². The van der Waals surface area contributed by atoms with Crippen molar-refractivity contribution >= 4 is 22.9 Å². The standard InChI is InChI=1S/C19H18N2O2S/c1-19(23,15-7-3-2-4-8-15)13-17(22)21-16-9-5-6-14(12-16)18-20-10-11-24-18/h2-12,23H,13H2,1H3,(H,21,22). The molecule has 5 heteroatoms. The molecule has 1 heterocycles. The number of nitrogens with zero attached hydrogens (tertiary/aromatic N) is 1. The van der Waals surface area contributed by atoms with Crippen LogP contribution >= 0.6 is 11.3 Å². The Labute approximate surface area is 144 Å². The summed E-state index contributed by atoms with van der Waals surface area (Å²) in [5.74, 6) is -0.236. The topological polar surface area (TPSA) is 62.2 Å². The van der Waals surface area contributed by atoms with Crippen LogP contribution in [-0.4, -0.2) is 16.0 Å². The van der Waals surface area contributed by atoms with Crippen LogP contribution < -0.4 is 5.32 Å². The van der Waals surface area contributed by atoms with Crippen LogP contribution in [0.5, 0.6) is 0 Å². The van der Waals surface area contributed by atoms with E-state index in [0.29, 0.717) is 5.69 Å². The normalized spacial score (nSPS) is 13.2. The number of thiazole rings is 1. The average molecular weight is 338 g/mol. The summed E-state index contributed by atoms with van der Waals surface area (Å²) in [4.78, 5) is 16.6. The molecule has 0 saturated carbocycles. The Morgan fingerprint density at radius 3 is 2.71 bits per heavy atom. The lowest BCUT2D eigenvalue weighted by Gasteiger charge is -2.23. The maximum absolute atomic E-state index is 12.3. The van der Waals surface area contributed by atoms with Gasteiger partial charge < -0.3 is 10.4 Å². The van der Waals surface area contributed by atoms with Gasteiger partial charge in [0.25, 0.3) is 0 Å². The van der Waals surface area contributed by atoms with E-state index in [0.717, 1.165) is 16.1 Å². The molecular formula is C19H18N2O2S. The van der Waals surface area contributed by atoms with Gasteiger partial charge in [-0.3, -0.25) is 4.79 Å². The Hall–Kier alpha value is -2.50. The number of rotatable bonds is 5. The quantitative estimate of drug-likeness (QED) is 0.738. The smallest absolute Gasteiger partial charge is 0.227 e. The van der Waals surface area contributed by atoms with Crippen molar-refractivity contribution in [2.45, 2.75) is 18.9 Å². The lowest BCUT2D eigenvalue weighted by atomic mass is 9.92. The number of hydrogen-bond acceptors (Lipinski definition) is 4. The number of carbonyl (C=O) groups is 1. The molecule has 4 nitrogen and oxygen atoms in total. The number of amides is 1. The van der Waals surface area contributed by atoms with E-state index in [-0.39, 0.29) is 12.3 Å². The fraction of sp³-hybridized carbons (Fsp3) is 0.158. The summed E-state index contributed by atoms with van der Waals surface area (Å²) < 4.78 is 0. The highest BCUT2D eigenvalue weighted by Gasteiger charge is 2.26. The van der Waals surface area contributed by atoms with Gasteiger partial charge >= 0.3 is 0 Å². The molecule has 2 N–H and O–H groups in total. The van der Waals surface area contributed by atoms with Crippen molar-refractivity contribution in [3.63, 3.8) is 0 Å². The van der Waals surface area contributed by atoms with Gasteiger partial charge in [0, 0.05) is 22.8 Å². The molecule has 1 atom stereocenters. The number of aliphatic hydroxyl groups is 1.